The molecule has 1 aromatic heterocycles. The van der Waals surface area contributed by atoms with Gasteiger partial charge in [0.1, 0.15) is 11.6 Å². The van der Waals surface area contributed by atoms with Gasteiger partial charge in [0, 0.05) is 42.7 Å². The molecule has 0 amide bonds. The Morgan fingerprint density at radius 1 is 1.14 bits per heavy atom. The lowest BCUT2D eigenvalue weighted by atomic mass is 10.1. The molecule has 1 N–H and O–H groups in total. The Labute approximate surface area is 204 Å². The Morgan fingerprint density at radius 3 is 2.63 bits per heavy atom. The zero-order chi connectivity index (χ0) is 25.4. The molecule has 0 unspecified atom stereocenters. The van der Waals surface area contributed by atoms with Crippen molar-refractivity contribution < 1.29 is 18.3 Å². The molecular weight excluding hydrogens is 450 g/mol. The largest absolute Gasteiger partial charge is 0.497 e. The highest BCUT2D eigenvalue weighted by Gasteiger charge is 2.35. The van der Waals surface area contributed by atoms with Crippen molar-refractivity contribution in [2.75, 3.05) is 24.4 Å². The second-order valence-electron chi connectivity index (χ2n) is 7.74. The summed E-state index contributed by atoms with van der Waals surface area (Å²) in [5.74, 6) is -2.58. The van der Waals surface area contributed by atoms with Crippen molar-refractivity contribution in [1.29, 1.82) is 0 Å². The van der Waals surface area contributed by atoms with E-state index >= 15 is 8.78 Å². The van der Waals surface area contributed by atoms with Gasteiger partial charge in [0.2, 0.25) is 5.95 Å². The summed E-state index contributed by atoms with van der Waals surface area (Å²) in [5, 5.41) is 3.04. The Hall–Kier alpha value is -4.07. The summed E-state index contributed by atoms with van der Waals surface area (Å²) in [6.45, 7) is 3.44. The molecule has 0 aliphatic carbocycles. The third-order valence-electron chi connectivity index (χ3n) is 5.25. The highest BCUT2D eigenvalue weighted by Crippen LogP contribution is 2.39. The predicted molar refractivity (Wildman–Crippen MR) is 135 cm³/mol. The van der Waals surface area contributed by atoms with Crippen LogP contribution in [0.3, 0.4) is 0 Å². The van der Waals surface area contributed by atoms with E-state index in [2.05, 4.69) is 15.3 Å². The summed E-state index contributed by atoms with van der Waals surface area (Å²) < 4.78 is 35.6. The van der Waals surface area contributed by atoms with E-state index in [4.69, 9.17) is 4.74 Å². The number of ketones is 1. The Balaban J connectivity index is 2.07. The second-order valence-corrected chi connectivity index (χ2v) is 7.74. The number of nitrogens with zero attached hydrogens (tertiary/aromatic N) is 3. The van der Waals surface area contributed by atoms with Gasteiger partial charge in [0.15, 0.2) is 5.78 Å². The molecule has 0 radical (unpaired) electrons. The van der Waals surface area contributed by atoms with Crippen LogP contribution in [0, 0.1) is 0 Å². The molecule has 0 bridgehead atoms. The maximum Gasteiger partial charge on any atom is 0.281 e. The zero-order valence-corrected chi connectivity index (χ0v) is 20.1. The van der Waals surface area contributed by atoms with Crippen molar-refractivity contribution in [3.63, 3.8) is 0 Å². The van der Waals surface area contributed by atoms with Gasteiger partial charge in [-0.15, -0.1) is 0 Å². The molecule has 0 atom stereocenters. The van der Waals surface area contributed by atoms with Crippen LogP contribution >= 0.6 is 0 Å². The standard InChI is InChI=1S/C27H28F2N4O2/c1-5-7-15-27(28,29)23-18-30-26(31-20-12-9-14-22(17-20)35-4)32-25(23)33(3)21-13-8-11-19(16-21)24(34)10-6-2/h5-14,16-18H,15H2,1-4H3,(H,30,31,32)/b7-5+,10-6+. The van der Waals surface area contributed by atoms with Crippen LogP contribution in [0.2, 0.25) is 0 Å². The van der Waals surface area contributed by atoms with Crippen LogP contribution in [-0.4, -0.2) is 29.9 Å². The maximum absolute atomic E-state index is 15.2. The number of allylic oxidation sites excluding steroid dienone is 4. The first-order chi connectivity index (χ1) is 16.8. The number of anilines is 4. The van der Waals surface area contributed by atoms with E-state index in [1.807, 2.05) is 0 Å². The number of carbonyl (C=O) groups excluding carboxylic acids is 1. The van der Waals surface area contributed by atoms with Gasteiger partial charge in [0.05, 0.1) is 12.7 Å². The average Bonchev–Trinajstić information content (AvgIpc) is 2.87. The minimum absolute atomic E-state index is 0.0236. The normalized spacial score (nSPS) is 11.7. The van der Waals surface area contributed by atoms with E-state index in [1.165, 1.54) is 17.1 Å². The molecule has 3 rings (SSSR count). The van der Waals surface area contributed by atoms with E-state index in [0.29, 0.717) is 22.7 Å². The lowest BCUT2D eigenvalue weighted by Gasteiger charge is -2.25. The van der Waals surface area contributed by atoms with Gasteiger partial charge in [-0.2, -0.15) is 4.98 Å². The van der Waals surface area contributed by atoms with Crippen molar-refractivity contribution in [1.82, 2.24) is 9.97 Å². The third-order valence-corrected chi connectivity index (χ3v) is 5.25. The third kappa shape index (κ3) is 6.29. The number of hydrogen-bond donors (Lipinski definition) is 1. The highest BCUT2D eigenvalue weighted by atomic mass is 19.3. The van der Waals surface area contributed by atoms with Gasteiger partial charge in [-0.1, -0.05) is 36.4 Å². The smallest absolute Gasteiger partial charge is 0.281 e. The fourth-order valence-electron chi connectivity index (χ4n) is 3.39. The van der Waals surface area contributed by atoms with E-state index in [1.54, 1.807) is 88.7 Å². The molecule has 0 fully saturated rings. The van der Waals surface area contributed by atoms with Gasteiger partial charge in [0.25, 0.3) is 5.92 Å². The van der Waals surface area contributed by atoms with Crippen molar-refractivity contribution in [3.8, 4) is 5.75 Å². The maximum atomic E-state index is 15.2. The summed E-state index contributed by atoms with van der Waals surface area (Å²) >= 11 is 0. The molecule has 0 spiro atoms. The number of ether oxygens (including phenoxy) is 1. The van der Waals surface area contributed by atoms with Crippen molar-refractivity contribution in [2.45, 2.75) is 26.2 Å². The summed E-state index contributed by atoms with van der Waals surface area (Å²) in [6.07, 6.45) is 6.74. The van der Waals surface area contributed by atoms with Crippen LogP contribution in [0.1, 0.15) is 36.2 Å². The quantitative estimate of drug-likeness (QED) is 0.196. The molecule has 0 saturated heterocycles. The lowest BCUT2D eigenvalue weighted by Crippen LogP contribution is -2.22. The van der Waals surface area contributed by atoms with Crippen molar-refractivity contribution >= 4 is 28.9 Å². The molecule has 3 aromatic rings. The van der Waals surface area contributed by atoms with Gasteiger partial charge in [-0.3, -0.25) is 4.79 Å². The molecule has 182 valence electrons. The Bertz CT molecular complexity index is 1240. The summed E-state index contributed by atoms with van der Waals surface area (Å²) in [7, 11) is 3.19. The zero-order valence-electron chi connectivity index (χ0n) is 20.1. The molecule has 0 saturated carbocycles. The van der Waals surface area contributed by atoms with E-state index < -0.39 is 12.3 Å². The molecular formula is C27H28F2N4O2. The number of hydrogen-bond acceptors (Lipinski definition) is 6. The van der Waals surface area contributed by atoms with Crippen LogP contribution in [-0.2, 0) is 5.92 Å². The van der Waals surface area contributed by atoms with Crippen molar-refractivity contribution in [2.24, 2.45) is 0 Å². The fourth-order valence-corrected chi connectivity index (χ4v) is 3.39. The van der Waals surface area contributed by atoms with Crippen LogP contribution < -0.4 is 15.0 Å². The number of nitrogens with one attached hydrogen (secondary N) is 1. The molecule has 0 aliphatic rings. The van der Waals surface area contributed by atoms with Gasteiger partial charge < -0.3 is 15.0 Å². The monoisotopic (exact) mass is 478 g/mol. The van der Waals surface area contributed by atoms with E-state index in [0.717, 1.165) is 6.20 Å². The van der Waals surface area contributed by atoms with Crippen LogP contribution in [0.5, 0.6) is 5.75 Å². The summed E-state index contributed by atoms with van der Waals surface area (Å²) in [5.41, 5.74) is 1.30. The molecule has 0 aliphatic heterocycles. The number of alkyl halides is 2. The minimum Gasteiger partial charge on any atom is -0.497 e. The first-order valence-electron chi connectivity index (χ1n) is 11.1. The summed E-state index contributed by atoms with van der Waals surface area (Å²) in [4.78, 5) is 22.5. The lowest BCUT2D eigenvalue weighted by molar-refractivity contribution is -0.000986. The van der Waals surface area contributed by atoms with E-state index in [9.17, 15) is 4.79 Å². The SMILES string of the molecule is C/C=C/CC(F)(F)c1cnc(Nc2cccc(OC)c2)nc1N(C)c1cccc(C(=O)/C=C/C)c1. The highest BCUT2D eigenvalue weighted by molar-refractivity contribution is 6.05. The topological polar surface area (TPSA) is 67.4 Å². The Morgan fingerprint density at radius 2 is 1.91 bits per heavy atom. The fraction of sp³-hybridized carbons (Fsp3) is 0.222. The molecule has 8 heteroatoms. The van der Waals surface area contributed by atoms with Crippen LogP contribution in [0.4, 0.5) is 31.9 Å². The average molecular weight is 479 g/mol. The molecule has 2 aromatic carbocycles. The molecule has 1 heterocycles. The minimum atomic E-state index is -3.21. The Kier molecular flexibility index (Phi) is 8.30. The van der Waals surface area contributed by atoms with Crippen molar-refractivity contribution in [3.05, 3.63) is 90.2 Å². The van der Waals surface area contributed by atoms with Gasteiger partial charge in [-0.05, 0) is 44.2 Å². The second kappa shape index (κ2) is 11.4. The van der Waals surface area contributed by atoms with Gasteiger partial charge in [-0.25, -0.2) is 13.8 Å². The summed E-state index contributed by atoms with van der Waals surface area (Å²) in [6, 6.07) is 13.9. The first-order valence-corrected chi connectivity index (χ1v) is 11.1. The predicted octanol–water partition coefficient (Wildman–Crippen LogP) is 6.81. The molecule has 35 heavy (non-hydrogen) atoms. The number of aromatic nitrogens is 2. The number of rotatable bonds is 10. The number of methoxy groups -OCH3 is 1. The number of halogens is 2. The number of benzene rings is 2. The first kappa shape index (κ1) is 25.6. The number of carbonyl (C=O) groups is 1. The van der Waals surface area contributed by atoms with Crippen LogP contribution in [0.25, 0.3) is 0 Å². The van der Waals surface area contributed by atoms with E-state index in [-0.39, 0.29) is 23.1 Å². The van der Waals surface area contributed by atoms with Gasteiger partial charge >= 0.3 is 0 Å². The van der Waals surface area contributed by atoms with Crippen LogP contribution in [0.15, 0.2) is 79.0 Å². The molecule has 6 nitrogen and oxygen atoms in total.